The van der Waals surface area contributed by atoms with E-state index in [4.69, 9.17) is 5.73 Å². The molecule has 2 aromatic carbocycles. The van der Waals surface area contributed by atoms with Gasteiger partial charge in [0.2, 0.25) is 0 Å². The van der Waals surface area contributed by atoms with Gasteiger partial charge in [0.05, 0.1) is 4.92 Å². The minimum atomic E-state index is -0.367. The number of non-ortho nitro benzene ring substituents is 1. The molecule has 102 valence electrons. The Hall–Kier alpha value is -2.20. The van der Waals surface area contributed by atoms with Gasteiger partial charge in [-0.3, -0.25) is 10.1 Å². The van der Waals surface area contributed by atoms with E-state index in [2.05, 4.69) is 12.1 Å². The van der Waals surface area contributed by atoms with E-state index in [0.29, 0.717) is 0 Å². The largest absolute Gasteiger partial charge is 0.324 e. The number of hydrogen-bond donors (Lipinski definition) is 1. The number of rotatable bonds is 2. The molecule has 1 aliphatic rings. The van der Waals surface area contributed by atoms with Crippen LogP contribution in [0.2, 0.25) is 0 Å². The molecule has 3 rings (SSSR count). The molecule has 1 aliphatic carbocycles. The number of aryl methyl sites for hydroxylation is 1. The Morgan fingerprint density at radius 3 is 2.75 bits per heavy atom. The van der Waals surface area contributed by atoms with Gasteiger partial charge in [0, 0.05) is 18.2 Å². The second kappa shape index (κ2) is 5.06. The Balaban J connectivity index is 2.04. The van der Waals surface area contributed by atoms with Gasteiger partial charge < -0.3 is 5.73 Å². The number of fused-ring (bicyclic) bond motifs is 1. The SMILES string of the molecule is NC1CCCc2ccc(-c3cccc([N+](=O)[O-])c3)cc21. The van der Waals surface area contributed by atoms with Gasteiger partial charge in [-0.25, -0.2) is 0 Å². The fourth-order valence-electron chi connectivity index (χ4n) is 2.81. The molecule has 2 N–H and O–H groups in total. The minimum Gasteiger partial charge on any atom is -0.324 e. The van der Waals surface area contributed by atoms with Crippen molar-refractivity contribution < 1.29 is 4.92 Å². The molecule has 2 aromatic rings. The van der Waals surface area contributed by atoms with Crippen molar-refractivity contribution >= 4 is 5.69 Å². The molecule has 0 aliphatic heterocycles. The van der Waals surface area contributed by atoms with Crippen molar-refractivity contribution in [1.82, 2.24) is 0 Å². The highest BCUT2D eigenvalue weighted by Gasteiger charge is 2.17. The van der Waals surface area contributed by atoms with Gasteiger partial charge in [0.25, 0.3) is 5.69 Å². The van der Waals surface area contributed by atoms with Crippen LogP contribution < -0.4 is 5.73 Å². The third kappa shape index (κ3) is 2.30. The zero-order chi connectivity index (χ0) is 14.1. The van der Waals surface area contributed by atoms with Gasteiger partial charge in [0.1, 0.15) is 0 Å². The summed E-state index contributed by atoms with van der Waals surface area (Å²) in [5.74, 6) is 0. The third-order valence-corrected chi connectivity index (χ3v) is 3.90. The van der Waals surface area contributed by atoms with E-state index in [9.17, 15) is 10.1 Å². The summed E-state index contributed by atoms with van der Waals surface area (Å²) in [7, 11) is 0. The van der Waals surface area contributed by atoms with E-state index in [-0.39, 0.29) is 16.7 Å². The number of benzene rings is 2. The Morgan fingerprint density at radius 1 is 1.15 bits per heavy atom. The van der Waals surface area contributed by atoms with Crippen molar-refractivity contribution in [3.05, 3.63) is 63.7 Å². The molecule has 1 unspecified atom stereocenters. The topological polar surface area (TPSA) is 69.2 Å². The van der Waals surface area contributed by atoms with E-state index >= 15 is 0 Å². The summed E-state index contributed by atoms with van der Waals surface area (Å²) in [4.78, 5) is 10.5. The standard InChI is InChI=1S/C16H16N2O2/c17-16-6-2-3-11-7-8-13(10-15(11)16)12-4-1-5-14(9-12)18(19)20/h1,4-5,7-10,16H,2-3,6,17H2. The Labute approximate surface area is 117 Å². The average Bonchev–Trinajstić information content (AvgIpc) is 2.47. The lowest BCUT2D eigenvalue weighted by Crippen LogP contribution is -2.17. The quantitative estimate of drug-likeness (QED) is 0.668. The zero-order valence-corrected chi connectivity index (χ0v) is 11.1. The molecule has 4 nitrogen and oxygen atoms in total. The zero-order valence-electron chi connectivity index (χ0n) is 11.1. The van der Waals surface area contributed by atoms with Crippen LogP contribution in [-0.2, 0) is 6.42 Å². The third-order valence-electron chi connectivity index (χ3n) is 3.90. The molecule has 0 saturated carbocycles. The molecule has 0 radical (unpaired) electrons. The van der Waals surface area contributed by atoms with Crippen molar-refractivity contribution in [1.29, 1.82) is 0 Å². The van der Waals surface area contributed by atoms with Gasteiger partial charge in [0.15, 0.2) is 0 Å². The first-order valence-electron chi connectivity index (χ1n) is 6.78. The molecule has 0 bridgehead atoms. The molecule has 20 heavy (non-hydrogen) atoms. The van der Waals surface area contributed by atoms with Gasteiger partial charge in [-0.15, -0.1) is 0 Å². The maximum Gasteiger partial charge on any atom is 0.270 e. The number of hydrogen-bond acceptors (Lipinski definition) is 3. The lowest BCUT2D eigenvalue weighted by molar-refractivity contribution is -0.384. The van der Waals surface area contributed by atoms with Crippen molar-refractivity contribution in [2.45, 2.75) is 25.3 Å². The summed E-state index contributed by atoms with van der Waals surface area (Å²) in [6, 6.07) is 13.0. The summed E-state index contributed by atoms with van der Waals surface area (Å²) < 4.78 is 0. The average molecular weight is 268 g/mol. The maximum atomic E-state index is 10.9. The fraction of sp³-hybridized carbons (Fsp3) is 0.250. The monoisotopic (exact) mass is 268 g/mol. The van der Waals surface area contributed by atoms with Crippen molar-refractivity contribution in [3.63, 3.8) is 0 Å². The number of nitro groups is 1. The summed E-state index contributed by atoms with van der Waals surface area (Å²) in [6.45, 7) is 0. The van der Waals surface area contributed by atoms with E-state index in [1.54, 1.807) is 12.1 Å². The van der Waals surface area contributed by atoms with Crippen LogP contribution in [0, 0.1) is 10.1 Å². The predicted octanol–water partition coefficient (Wildman–Crippen LogP) is 3.60. The minimum absolute atomic E-state index is 0.0809. The van der Waals surface area contributed by atoms with Gasteiger partial charge in [-0.05, 0) is 47.6 Å². The first kappa shape index (κ1) is 12.8. The molecule has 0 aromatic heterocycles. The van der Waals surface area contributed by atoms with Crippen LogP contribution in [-0.4, -0.2) is 4.92 Å². The van der Waals surface area contributed by atoms with Gasteiger partial charge >= 0.3 is 0 Å². The molecule has 0 fully saturated rings. The van der Waals surface area contributed by atoms with E-state index in [1.807, 2.05) is 12.1 Å². The summed E-state index contributed by atoms with van der Waals surface area (Å²) in [6.07, 6.45) is 3.20. The summed E-state index contributed by atoms with van der Waals surface area (Å²) in [5, 5.41) is 10.9. The van der Waals surface area contributed by atoms with Crippen molar-refractivity contribution in [2.75, 3.05) is 0 Å². The molecule has 4 heteroatoms. The van der Waals surface area contributed by atoms with Crippen molar-refractivity contribution in [3.8, 4) is 11.1 Å². The van der Waals surface area contributed by atoms with E-state index < -0.39 is 0 Å². The Kier molecular flexibility index (Phi) is 3.24. The van der Waals surface area contributed by atoms with Crippen LogP contribution in [0.25, 0.3) is 11.1 Å². The van der Waals surface area contributed by atoms with Crippen LogP contribution in [0.1, 0.15) is 30.0 Å². The van der Waals surface area contributed by atoms with E-state index in [0.717, 1.165) is 30.4 Å². The normalized spacial score (nSPS) is 17.6. The fourth-order valence-corrected chi connectivity index (χ4v) is 2.81. The van der Waals surface area contributed by atoms with Crippen LogP contribution in [0.3, 0.4) is 0 Å². The van der Waals surface area contributed by atoms with Crippen LogP contribution in [0.15, 0.2) is 42.5 Å². The second-order valence-corrected chi connectivity index (χ2v) is 5.22. The highest BCUT2D eigenvalue weighted by atomic mass is 16.6. The maximum absolute atomic E-state index is 10.9. The molecular weight excluding hydrogens is 252 g/mol. The molecular formula is C16H16N2O2. The first-order chi connectivity index (χ1) is 9.65. The number of nitrogens with two attached hydrogens (primary N) is 1. The van der Waals surface area contributed by atoms with Gasteiger partial charge in [-0.2, -0.15) is 0 Å². The smallest absolute Gasteiger partial charge is 0.270 e. The lowest BCUT2D eigenvalue weighted by Gasteiger charge is -2.22. The second-order valence-electron chi connectivity index (χ2n) is 5.22. The summed E-state index contributed by atoms with van der Waals surface area (Å²) in [5.41, 5.74) is 10.6. The Morgan fingerprint density at radius 2 is 1.95 bits per heavy atom. The number of nitrogens with zero attached hydrogens (tertiary/aromatic N) is 1. The van der Waals surface area contributed by atoms with Crippen LogP contribution >= 0.6 is 0 Å². The Bertz CT molecular complexity index is 667. The molecule has 0 heterocycles. The lowest BCUT2D eigenvalue weighted by atomic mass is 9.86. The molecule has 0 saturated heterocycles. The number of nitro benzene ring substituents is 1. The first-order valence-corrected chi connectivity index (χ1v) is 6.78. The summed E-state index contributed by atoms with van der Waals surface area (Å²) >= 11 is 0. The van der Waals surface area contributed by atoms with Gasteiger partial charge in [-0.1, -0.05) is 24.3 Å². The highest BCUT2D eigenvalue weighted by Crippen LogP contribution is 2.32. The predicted molar refractivity (Wildman–Crippen MR) is 78.4 cm³/mol. The van der Waals surface area contributed by atoms with Crippen LogP contribution in [0.4, 0.5) is 5.69 Å². The van der Waals surface area contributed by atoms with Crippen LogP contribution in [0.5, 0.6) is 0 Å². The van der Waals surface area contributed by atoms with Crippen molar-refractivity contribution in [2.24, 2.45) is 5.73 Å². The molecule has 0 spiro atoms. The highest BCUT2D eigenvalue weighted by molar-refractivity contribution is 5.67. The van der Waals surface area contributed by atoms with E-state index in [1.165, 1.54) is 17.2 Å². The molecule has 0 amide bonds. The molecule has 1 atom stereocenters.